The van der Waals surface area contributed by atoms with Crippen LogP contribution >= 0.6 is 0 Å². The van der Waals surface area contributed by atoms with Gasteiger partial charge in [-0.05, 0) is 12.1 Å². The standard InChI is InChI=1S/C9H8N4O2/c1-6(14)12-7-5-10-8-3-2-4-11-13(8)9(7)15/h2-5H,1H3,(H,12,14). The molecule has 2 aromatic heterocycles. The summed E-state index contributed by atoms with van der Waals surface area (Å²) in [6.07, 6.45) is 2.80. The Balaban J connectivity index is 2.65. The van der Waals surface area contributed by atoms with Crippen molar-refractivity contribution >= 4 is 17.2 Å². The highest BCUT2D eigenvalue weighted by Gasteiger charge is 2.05. The Hall–Kier alpha value is -2.24. The molecule has 0 aliphatic carbocycles. The zero-order chi connectivity index (χ0) is 10.8. The van der Waals surface area contributed by atoms with Crippen molar-refractivity contribution < 1.29 is 4.79 Å². The fraction of sp³-hybridized carbons (Fsp3) is 0.111. The smallest absolute Gasteiger partial charge is 0.298 e. The number of hydrogen-bond donors (Lipinski definition) is 1. The topological polar surface area (TPSA) is 76.4 Å². The average molecular weight is 204 g/mol. The second-order valence-electron chi connectivity index (χ2n) is 2.95. The molecule has 15 heavy (non-hydrogen) atoms. The van der Waals surface area contributed by atoms with Gasteiger partial charge in [0.15, 0.2) is 5.65 Å². The van der Waals surface area contributed by atoms with E-state index in [0.717, 1.165) is 4.52 Å². The summed E-state index contributed by atoms with van der Waals surface area (Å²) in [7, 11) is 0. The van der Waals surface area contributed by atoms with Gasteiger partial charge in [-0.15, -0.1) is 0 Å². The Bertz CT molecular complexity index is 576. The molecule has 76 valence electrons. The summed E-state index contributed by atoms with van der Waals surface area (Å²) in [5.41, 5.74) is 0.172. The first-order valence-corrected chi connectivity index (χ1v) is 4.29. The van der Waals surface area contributed by atoms with Crippen LogP contribution in [0.1, 0.15) is 6.92 Å². The van der Waals surface area contributed by atoms with Crippen LogP contribution in [-0.4, -0.2) is 20.5 Å². The molecule has 0 bridgehead atoms. The van der Waals surface area contributed by atoms with Crippen molar-refractivity contribution in [1.29, 1.82) is 0 Å². The van der Waals surface area contributed by atoms with E-state index in [9.17, 15) is 9.59 Å². The molecule has 1 amide bonds. The van der Waals surface area contributed by atoms with Gasteiger partial charge in [-0.25, -0.2) is 4.98 Å². The number of nitrogens with one attached hydrogen (secondary N) is 1. The van der Waals surface area contributed by atoms with Crippen LogP contribution in [0, 0.1) is 0 Å². The molecule has 0 saturated heterocycles. The van der Waals surface area contributed by atoms with E-state index < -0.39 is 5.56 Å². The Kier molecular flexibility index (Phi) is 2.17. The van der Waals surface area contributed by atoms with Gasteiger partial charge in [0.2, 0.25) is 5.91 Å². The molecule has 2 heterocycles. The first-order chi connectivity index (χ1) is 7.18. The molecule has 0 aliphatic rings. The first kappa shape index (κ1) is 9.32. The maximum absolute atomic E-state index is 11.7. The quantitative estimate of drug-likeness (QED) is 0.712. The van der Waals surface area contributed by atoms with Crippen molar-refractivity contribution in [2.24, 2.45) is 0 Å². The molecule has 0 unspecified atom stereocenters. The van der Waals surface area contributed by atoms with E-state index >= 15 is 0 Å². The van der Waals surface area contributed by atoms with Crippen LogP contribution in [0.15, 0.2) is 29.3 Å². The minimum absolute atomic E-state index is 0.124. The Morgan fingerprint density at radius 1 is 1.53 bits per heavy atom. The molecule has 1 N–H and O–H groups in total. The number of carbonyl (C=O) groups excluding carboxylic acids is 1. The molecular weight excluding hydrogens is 196 g/mol. The summed E-state index contributed by atoms with van der Waals surface area (Å²) < 4.78 is 1.13. The van der Waals surface area contributed by atoms with Crippen LogP contribution in [0.5, 0.6) is 0 Å². The van der Waals surface area contributed by atoms with Crippen LogP contribution in [-0.2, 0) is 4.79 Å². The first-order valence-electron chi connectivity index (χ1n) is 4.29. The Labute approximate surface area is 84.6 Å². The van der Waals surface area contributed by atoms with Crippen LogP contribution in [0.2, 0.25) is 0 Å². The molecule has 2 rings (SSSR count). The summed E-state index contributed by atoms with van der Waals surface area (Å²) in [4.78, 5) is 26.5. The van der Waals surface area contributed by atoms with E-state index in [-0.39, 0.29) is 11.6 Å². The summed E-state index contributed by atoms with van der Waals surface area (Å²) in [5, 5.41) is 6.23. The lowest BCUT2D eigenvalue weighted by atomic mass is 10.4. The molecule has 0 radical (unpaired) electrons. The zero-order valence-electron chi connectivity index (χ0n) is 7.97. The maximum atomic E-state index is 11.7. The normalized spacial score (nSPS) is 10.2. The summed E-state index contributed by atoms with van der Waals surface area (Å²) in [6, 6.07) is 3.34. The van der Waals surface area contributed by atoms with E-state index in [2.05, 4.69) is 15.4 Å². The number of hydrogen-bond acceptors (Lipinski definition) is 4. The minimum atomic E-state index is -0.393. The van der Waals surface area contributed by atoms with Gasteiger partial charge >= 0.3 is 0 Å². The number of amides is 1. The fourth-order valence-corrected chi connectivity index (χ4v) is 1.19. The number of nitrogens with zero attached hydrogens (tertiary/aromatic N) is 3. The molecule has 6 heteroatoms. The highest BCUT2D eigenvalue weighted by atomic mass is 16.2. The number of aromatic nitrogens is 3. The SMILES string of the molecule is CC(=O)Nc1cnc2cccnn2c1=O. The van der Waals surface area contributed by atoms with Gasteiger partial charge in [0.1, 0.15) is 5.69 Å². The van der Waals surface area contributed by atoms with Crippen molar-refractivity contribution in [3.8, 4) is 0 Å². The summed E-state index contributed by atoms with van der Waals surface area (Å²) in [5.74, 6) is -0.315. The van der Waals surface area contributed by atoms with Gasteiger partial charge in [0, 0.05) is 13.1 Å². The van der Waals surface area contributed by atoms with Gasteiger partial charge in [0.05, 0.1) is 6.20 Å². The van der Waals surface area contributed by atoms with Crippen molar-refractivity contribution in [3.05, 3.63) is 34.9 Å². The highest BCUT2D eigenvalue weighted by Crippen LogP contribution is 1.99. The van der Waals surface area contributed by atoms with E-state index in [0.29, 0.717) is 5.65 Å². The second-order valence-corrected chi connectivity index (χ2v) is 2.95. The summed E-state index contributed by atoms with van der Waals surface area (Å²) in [6.45, 7) is 1.33. The zero-order valence-corrected chi connectivity index (χ0v) is 7.97. The number of anilines is 1. The third kappa shape index (κ3) is 1.69. The van der Waals surface area contributed by atoms with Crippen LogP contribution < -0.4 is 10.9 Å². The highest BCUT2D eigenvalue weighted by molar-refractivity contribution is 5.88. The average Bonchev–Trinajstić information content (AvgIpc) is 2.22. The third-order valence-corrected chi connectivity index (χ3v) is 1.79. The van der Waals surface area contributed by atoms with Crippen LogP contribution in [0.4, 0.5) is 5.69 Å². The minimum Gasteiger partial charge on any atom is -0.320 e. The third-order valence-electron chi connectivity index (χ3n) is 1.79. The van der Waals surface area contributed by atoms with Crippen molar-refractivity contribution in [1.82, 2.24) is 14.6 Å². The number of fused-ring (bicyclic) bond motifs is 1. The molecule has 0 aliphatic heterocycles. The Morgan fingerprint density at radius 2 is 2.33 bits per heavy atom. The predicted octanol–water partition coefficient (Wildman–Crippen LogP) is 0.0479. The van der Waals surface area contributed by atoms with E-state index in [4.69, 9.17) is 0 Å². The van der Waals surface area contributed by atoms with E-state index in [1.165, 1.54) is 19.3 Å². The number of rotatable bonds is 1. The van der Waals surface area contributed by atoms with E-state index in [1.54, 1.807) is 12.1 Å². The lowest BCUT2D eigenvalue weighted by Crippen LogP contribution is -2.23. The largest absolute Gasteiger partial charge is 0.320 e. The van der Waals surface area contributed by atoms with Gasteiger partial charge in [0.25, 0.3) is 5.56 Å². The van der Waals surface area contributed by atoms with Crippen LogP contribution in [0.25, 0.3) is 5.65 Å². The molecule has 0 spiro atoms. The van der Waals surface area contributed by atoms with Crippen molar-refractivity contribution in [2.75, 3.05) is 5.32 Å². The van der Waals surface area contributed by atoms with Crippen LogP contribution in [0.3, 0.4) is 0 Å². The molecule has 6 nitrogen and oxygen atoms in total. The Morgan fingerprint density at radius 3 is 3.07 bits per heavy atom. The molecule has 0 atom stereocenters. The van der Waals surface area contributed by atoms with Crippen molar-refractivity contribution in [3.63, 3.8) is 0 Å². The fourth-order valence-electron chi connectivity index (χ4n) is 1.19. The summed E-state index contributed by atoms with van der Waals surface area (Å²) >= 11 is 0. The monoisotopic (exact) mass is 204 g/mol. The maximum Gasteiger partial charge on any atom is 0.298 e. The molecule has 2 aromatic rings. The number of carbonyl (C=O) groups is 1. The van der Waals surface area contributed by atoms with Gasteiger partial charge in [-0.3, -0.25) is 9.59 Å². The lowest BCUT2D eigenvalue weighted by molar-refractivity contribution is -0.114. The molecule has 0 fully saturated rings. The van der Waals surface area contributed by atoms with Gasteiger partial charge in [-0.2, -0.15) is 9.61 Å². The van der Waals surface area contributed by atoms with Gasteiger partial charge < -0.3 is 5.32 Å². The van der Waals surface area contributed by atoms with E-state index in [1.807, 2.05) is 0 Å². The van der Waals surface area contributed by atoms with Crippen molar-refractivity contribution in [2.45, 2.75) is 6.92 Å². The lowest BCUT2D eigenvalue weighted by Gasteiger charge is -2.02. The molecular formula is C9H8N4O2. The predicted molar refractivity (Wildman–Crippen MR) is 53.6 cm³/mol. The molecule has 0 saturated carbocycles. The second kappa shape index (κ2) is 3.49. The molecule has 0 aromatic carbocycles. The van der Waals surface area contributed by atoms with Gasteiger partial charge in [-0.1, -0.05) is 0 Å².